The standard InChI is InChI=1S/C29H30ClN3O3/c30-24-11-13-25(14-12-24)36-21-26(34)33-17-15-29(16-18-33)31-27(35)28(32-29,19-22-7-3-1-4-8-22)20-23-9-5-2-6-10-23/h1-14,32H,15-21H2,(H,31,35). The van der Waals surface area contributed by atoms with Gasteiger partial charge in [-0.2, -0.15) is 0 Å². The van der Waals surface area contributed by atoms with Crippen LogP contribution in [0, 0.1) is 0 Å². The van der Waals surface area contributed by atoms with Crippen LogP contribution in [-0.2, 0) is 22.4 Å². The van der Waals surface area contributed by atoms with Crippen LogP contribution in [0.2, 0.25) is 5.02 Å². The monoisotopic (exact) mass is 503 g/mol. The minimum atomic E-state index is -0.757. The Hall–Kier alpha value is -3.35. The first kappa shape index (κ1) is 24.3. The molecule has 0 radical (unpaired) electrons. The number of carbonyl (C=O) groups excluding carboxylic acids is 2. The lowest BCUT2D eigenvalue weighted by Crippen LogP contribution is -2.61. The molecule has 0 aromatic heterocycles. The smallest absolute Gasteiger partial charge is 0.260 e. The van der Waals surface area contributed by atoms with Gasteiger partial charge < -0.3 is 15.0 Å². The summed E-state index contributed by atoms with van der Waals surface area (Å²) in [6.07, 6.45) is 2.45. The summed E-state index contributed by atoms with van der Waals surface area (Å²) in [5.41, 5.74) is 0.932. The molecule has 0 bridgehead atoms. The summed E-state index contributed by atoms with van der Waals surface area (Å²) >= 11 is 5.91. The first-order valence-electron chi connectivity index (χ1n) is 12.3. The number of piperidine rings is 1. The number of nitrogens with zero attached hydrogens (tertiary/aromatic N) is 1. The van der Waals surface area contributed by atoms with Crippen molar-refractivity contribution in [3.05, 3.63) is 101 Å². The highest BCUT2D eigenvalue weighted by Crippen LogP contribution is 2.33. The number of likely N-dealkylation sites (tertiary alicyclic amines) is 1. The largest absolute Gasteiger partial charge is 0.484 e. The Morgan fingerprint density at radius 2 is 1.42 bits per heavy atom. The number of hydrogen-bond acceptors (Lipinski definition) is 4. The number of amides is 2. The Morgan fingerprint density at radius 3 is 1.97 bits per heavy atom. The van der Waals surface area contributed by atoms with Crippen LogP contribution in [0.25, 0.3) is 0 Å². The molecule has 2 heterocycles. The van der Waals surface area contributed by atoms with E-state index < -0.39 is 11.2 Å². The SMILES string of the molecule is O=C(COc1ccc(Cl)cc1)N1CCC2(CC1)NC(=O)C(Cc1ccccc1)(Cc1ccccc1)N2. The van der Waals surface area contributed by atoms with Gasteiger partial charge in [0.05, 0.1) is 5.66 Å². The maximum atomic E-state index is 13.6. The summed E-state index contributed by atoms with van der Waals surface area (Å²) in [6, 6.07) is 27.2. The fourth-order valence-electron chi connectivity index (χ4n) is 5.24. The van der Waals surface area contributed by atoms with Crippen molar-refractivity contribution >= 4 is 23.4 Å². The van der Waals surface area contributed by atoms with Gasteiger partial charge in [-0.05, 0) is 48.2 Å². The zero-order valence-electron chi connectivity index (χ0n) is 20.1. The number of rotatable bonds is 7. The van der Waals surface area contributed by atoms with E-state index in [0.717, 1.165) is 11.1 Å². The van der Waals surface area contributed by atoms with E-state index in [1.165, 1.54) is 0 Å². The van der Waals surface area contributed by atoms with E-state index in [-0.39, 0.29) is 18.4 Å². The molecule has 2 N–H and O–H groups in total. The lowest BCUT2D eigenvalue weighted by Gasteiger charge is -2.40. The normalized spacial score (nSPS) is 18.1. The van der Waals surface area contributed by atoms with Crippen molar-refractivity contribution in [3.63, 3.8) is 0 Å². The van der Waals surface area contributed by atoms with E-state index >= 15 is 0 Å². The minimum Gasteiger partial charge on any atom is -0.484 e. The fourth-order valence-corrected chi connectivity index (χ4v) is 5.36. The van der Waals surface area contributed by atoms with E-state index in [1.807, 2.05) is 41.3 Å². The van der Waals surface area contributed by atoms with Crippen molar-refractivity contribution in [1.29, 1.82) is 0 Å². The highest BCUT2D eigenvalue weighted by atomic mass is 35.5. The van der Waals surface area contributed by atoms with Crippen molar-refractivity contribution in [3.8, 4) is 5.75 Å². The van der Waals surface area contributed by atoms with Gasteiger partial charge in [0, 0.05) is 31.0 Å². The van der Waals surface area contributed by atoms with Gasteiger partial charge >= 0.3 is 0 Å². The molecule has 6 nitrogen and oxygen atoms in total. The zero-order chi connectivity index (χ0) is 25.0. The summed E-state index contributed by atoms with van der Waals surface area (Å²) in [4.78, 5) is 28.2. The quantitative estimate of drug-likeness (QED) is 0.511. The third-order valence-corrected chi connectivity index (χ3v) is 7.36. The molecule has 2 aliphatic rings. The lowest BCUT2D eigenvalue weighted by molar-refractivity contribution is -0.135. The topological polar surface area (TPSA) is 70.7 Å². The molecule has 2 amide bonds. The first-order valence-corrected chi connectivity index (χ1v) is 12.7. The highest BCUT2D eigenvalue weighted by molar-refractivity contribution is 6.30. The van der Waals surface area contributed by atoms with Crippen LogP contribution in [0.4, 0.5) is 0 Å². The molecule has 7 heteroatoms. The number of halogens is 1. The third-order valence-electron chi connectivity index (χ3n) is 7.11. The molecule has 186 valence electrons. The van der Waals surface area contributed by atoms with Crippen LogP contribution < -0.4 is 15.4 Å². The summed E-state index contributed by atoms with van der Waals surface area (Å²) in [5, 5.41) is 7.66. The summed E-state index contributed by atoms with van der Waals surface area (Å²) in [5.74, 6) is 0.558. The van der Waals surface area contributed by atoms with Crippen LogP contribution in [-0.4, -0.2) is 47.6 Å². The molecular formula is C29H30ClN3O3. The summed E-state index contributed by atoms with van der Waals surface area (Å²) in [7, 11) is 0. The molecule has 2 aliphatic heterocycles. The molecular weight excluding hydrogens is 474 g/mol. The molecule has 3 aromatic rings. The van der Waals surface area contributed by atoms with E-state index in [1.54, 1.807) is 24.3 Å². The number of benzene rings is 3. The van der Waals surface area contributed by atoms with Gasteiger partial charge in [-0.3, -0.25) is 14.9 Å². The molecule has 36 heavy (non-hydrogen) atoms. The fraction of sp³-hybridized carbons (Fsp3) is 0.310. The van der Waals surface area contributed by atoms with E-state index in [2.05, 4.69) is 34.9 Å². The first-order chi connectivity index (χ1) is 17.5. The summed E-state index contributed by atoms with van der Waals surface area (Å²) in [6.45, 7) is 1.06. The maximum Gasteiger partial charge on any atom is 0.260 e. The minimum absolute atomic E-state index is 0.0149. The Morgan fingerprint density at radius 1 is 0.861 bits per heavy atom. The van der Waals surface area contributed by atoms with Crippen LogP contribution in [0.5, 0.6) is 5.75 Å². The molecule has 0 unspecified atom stereocenters. The lowest BCUT2D eigenvalue weighted by atomic mass is 9.84. The molecule has 2 saturated heterocycles. The average molecular weight is 504 g/mol. The van der Waals surface area contributed by atoms with Gasteiger partial charge in [0.25, 0.3) is 5.91 Å². The van der Waals surface area contributed by atoms with Crippen LogP contribution in [0.15, 0.2) is 84.9 Å². The second kappa shape index (κ2) is 10.3. The Balaban J connectivity index is 1.26. The van der Waals surface area contributed by atoms with Crippen LogP contribution >= 0.6 is 11.6 Å². The third kappa shape index (κ3) is 5.40. The van der Waals surface area contributed by atoms with Crippen molar-refractivity contribution in [2.75, 3.05) is 19.7 Å². The van der Waals surface area contributed by atoms with Gasteiger partial charge in [0.1, 0.15) is 11.3 Å². The number of hydrogen-bond donors (Lipinski definition) is 2. The van der Waals surface area contributed by atoms with Crippen molar-refractivity contribution < 1.29 is 14.3 Å². The number of nitrogens with one attached hydrogen (secondary N) is 2. The van der Waals surface area contributed by atoms with Gasteiger partial charge in [-0.1, -0.05) is 72.3 Å². The van der Waals surface area contributed by atoms with E-state index in [9.17, 15) is 9.59 Å². The average Bonchev–Trinajstić information content (AvgIpc) is 3.14. The van der Waals surface area contributed by atoms with Crippen molar-refractivity contribution in [1.82, 2.24) is 15.5 Å². The van der Waals surface area contributed by atoms with Crippen molar-refractivity contribution in [2.45, 2.75) is 36.9 Å². The highest BCUT2D eigenvalue weighted by Gasteiger charge is 2.54. The zero-order valence-corrected chi connectivity index (χ0v) is 20.8. The van der Waals surface area contributed by atoms with E-state index in [0.29, 0.717) is 49.5 Å². The van der Waals surface area contributed by atoms with Crippen LogP contribution in [0.1, 0.15) is 24.0 Å². The maximum absolute atomic E-state index is 13.6. The Kier molecular flexibility index (Phi) is 6.99. The van der Waals surface area contributed by atoms with E-state index in [4.69, 9.17) is 16.3 Å². The molecule has 2 fully saturated rings. The molecule has 3 aromatic carbocycles. The van der Waals surface area contributed by atoms with Gasteiger partial charge in [0.2, 0.25) is 5.91 Å². The number of carbonyl (C=O) groups is 2. The summed E-state index contributed by atoms with van der Waals surface area (Å²) < 4.78 is 5.64. The van der Waals surface area contributed by atoms with Gasteiger partial charge in [-0.15, -0.1) is 0 Å². The molecule has 1 spiro atoms. The molecule has 5 rings (SSSR count). The van der Waals surface area contributed by atoms with Gasteiger partial charge in [-0.25, -0.2) is 0 Å². The molecule has 0 aliphatic carbocycles. The second-order valence-electron chi connectivity index (χ2n) is 9.69. The molecule has 0 saturated carbocycles. The predicted octanol–water partition coefficient (Wildman–Crippen LogP) is 3.98. The molecule has 0 atom stereocenters. The second-order valence-corrected chi connectivity index (χ2v) is 10.1. The van der Waals surface area contributed by atoms with Crippen LogP contribution in [0.3, 0.4) is 0 Å². The number of ether oxygens (including phenoxy) is 1. The Bertz CT molecular complexity index is 1150. The van der Waals surface area contributed by atoms with Gasteiger partial charge in [0.15, 0.2) is 6.61 Å². The predicted molar refractivity (Wildman–Crippen MR) is 140 cm³/mol. The van der Waals surface area contributed by atoms with Crippen molar-refractivity contribution in [2.24, 2.45) is 0 Å². The Labute approximate surface area is 216 Å².